The first-order valence-corrected chi connectivity index (χ1v) is 6.14. The zero-order chi connectivity index (χ0) is 14.7. The Bertz CT molecular complexity index is 639. The maximum Gasteiger partial charge on any atom is 0.337 e. The molecule has 0 amide bonds. The monoisotopic (exact) mass is 271 g/mol. The van der Waals surface area contributed by atoms with E-state index in [1.807, 2.05) is 43.3 Å². The number of carboxylic acid groups (broad SMARTS) is 1. The highest BCUT2D eigenvalue weighted by molar-refractivity contribution is 5.96. The van der Waals surface area contributed by atoms with Crippen molar-refractivity contribution in [2.45, 2.75) is 0 Å². The Morgan fingerprint density at radius 3 is 2.60 bits per heavy atom. The average molecular weight is 271 g/mol. The Labute approximate surface area is 117 Å². The lowest BCUT2D eigenvalue weighted by Gasteiger charge is -2.15. The Balaban J connectivity index is 2.35. The molecule has 0 bridgehead atoms. The summed E-state index contributed by atoms with van der Waals surface area (Å²) >= 11 is 0. The number of carbonyl (C=O) groups is 1. The lowest BCUT2D eigenvalue weighted by molar-refractivity contribution is 0.0698. The predicted molar refractivity (Wildman–Crippen MR) is 81.9 cm³/mol. The minimum atomic E-state index is -1.01. The normalized spacial score (nSPS) is 10.1. The van der Waals surface area contributed by atoms with Crippen LogP contribution in [0.15, 0.2) is 42.5 Å². The summed E-state index contributed by atoms with van der Waals surface area (Å²) < 4.78 is 0. The van der Waals surface area contributed by atoms with Crippen molar-refractivity contribution in [1.29, 1.82) is 0 Å². The molecule has 20 heavy (non-hydrogen) atoms. The molecule has 5 nitrogen and oxygen atoms in total. The van der Waals surface area contributed by atoms with Gasteiger partial charge in [0.05, 0.1) is 11.3 Å². The lowest BCUT2D eigenvalue weighted by atomic mass is 10.1. The molecule has 4 N–H and O–H groups in total. The van der Waals surface area contributed by atoms with Crippen LogP contribution in [0.2, 0.25) is 0 Å². The number of rotatable bonds is 4. The van der Waals surface area contributed by atoms with Gasteiger partial charge in [0.1, 0.15) is 0 Å². The van der Waals surface area contributed by atoms with Gasteiger partial charge in [0.15, 0.2) is 0 Å². The van der Waals surface area contributed by atoms with Crippen molar-refractivity contribution in [2.75, 3.05) is 30.0 Å². The van der Waals surface area contributed by atoms with Crippen LogP contribution in [-0.2, 0) is 0 Å². The number of anilines is 4. The summed E-state index contributed by atoms with van der Waals surface area (Å²) in [4.78, 5) is 13.2. The molecule has 0 saturated carbocycles. The molecule has 0 atom stereocenters. The Morgan fingerprint density at radius 2 is 1.95 bits per heavy atom. The van der Waals surface area contributed by atoms with Crippen molar-refractivity contribution in [3.63, 3.8) is 0 Å². The van der Waals surface area contributed by atoms with Crippen molar-refractivity contribution < 1.29 is 9.90 Å². The third kappa shape index (κ3) is 3.00. The van der Waals surface area contributed by atoms with E-state index in [0.717, 1.165) is 11.4 Å². The molecule has 0 saturated heterocycles. The van der Waals surface area contributed by atoms with E-state index in [0.29, 0.717) is 11.4 Å². The number of nitrogens with two attached hydrogens (primary N) is 1. The van der Waals surface area contributed by atoms with E-state index >= 15 is 0 Å². The van der Waals surface area contributed by atoms with Gasteiger partial charge in [-0.2, -0.15) is 0 Å². The zero-order valence-corrected chi connectivity index (χ0v) is 11.4. The van der Waals surface area contributed by atoms with Gasteiger partial charge in [-0.1, -0.05) is 6.07 Å². The molecule has 0 radical (unpaired) electrons. The molecule has 104 valence electrons. The van der Waals surface area contributed by atoms with Crippen LogP contribution in [0.4, 0.5) is 22.7 Å². The topological polar surface area (TPSA) is 78.6 Å². The molecular formula is C15H17N3O2. The molecular weight excluding hydrogens is 254 g/mol. The van der Waals surface area contributed by atoms with E-state index in [9.17, 15) is 9.90 Å². The third-order valence-corrected chi connectivity index (χ3v) is 2.92. The molecule has 0 spiro atoms. The van der Waals surface area contributed by atoms with Gasteiger partial charge in [-0.3, -0.25) is 0 Å². The molecule has 0 aliphatic rings. The number of benzene rings is 2. The van der Waals surface area contributed by atoms with Crippen LogP contribution < -0.4 is 16.0 Å². The highest BCUT2D eigenvalue weighted by Gasteiger charge is 2.10. The van der Waals surface area contributed by atoms with E-state index in [1.54, 1.807) is 12.1 Å². The van der Waals surface area contributed by atoms with E-state index in [2.05, 4.69) is 5.32 Å². The summed E-state index contributed by atoms with van der Waals surface area (Å²) in [5, 5.41) is 12.3. The quantitative estimate of drug-likeness (QED) is 0.745. The van der Waals surface area contributed by atoms with Gasteiger partial charge in [-0.25, -0.2) is 4.79 Å². The molecule has 0 fully saturated rings. The minimum absolute atomic E-state index is 0.153. The molecule has 5 heteroatoms. The van der Waals surface area contributed by atoms with Crippen LogP contribution in [0.5, 0.6) is 0 Å². The SMILES string of the molecule is CN(C)c1cccc(Nc2ccc(N)cc2C(=O)O)c1. The summed E-state index contributed by atoms with van der Waals surface area (Å²) in [6.07, 6.45) is 0. The number of carboxylic acids is 1. The van der Waals surface area contributed by atoms with Gasteiger partial charge >= 0.3 is 5.97 Å². The van der Waals surface area contributed by atoms with Crippen molar-refractivity contribution in [3.8, 4) is 0 Å². The summed E-state index contributed by atoms with van der Waals surface area (Å²) in [5.41, 5.74) is 8.57. The number of aromatic carboxylic acids is 1. The standard InChI is InChI=1S/C15H17N3O2/c1-18(2)12-5-3-4-11(9-12)17-14-7-6-10(16)8-13(14)15(19)20/h3-9,17H,16H2,1-2H3,(H,19,20). The van der Waals surface area contributed by atoms with Crippen molar-refractivity contribution in [3.05, 3.63) is 48.0 Å². The Hall–Kier alpha value is -2.69. The number of nitrogens with one attached hydrogen (secondary N) is 1. The van der Waals surface area contributed by atoms with E-state index < -0.39 is 5.97 Å². The summed E-state index contributed by atoms with van der Waals surface area (Å²) in [6, 6.07) is 12.5. The number of hydrogen-bond donors (Lipinski definition) is 3. The summed E-state index contributed by atoms with van der Waals surface area (Å²) in [5.74, 6) is -1.01. The van der Waals surface area contributed by atoms with Gasteiger partial charge in [-0.15, -0.1) is 0 Å². The van der Waals surface area contributed by atoms with Gasteiger partial charge in [-0.05, 0) is 36.4 Å². The van der Waals surface area contributed by atoms with Crippen LogP contribution in [-0.4, -0.2) is 25.2 Å². The van der Waals surface area contributed by atoms with E-state index in [1.165, 1.54) is 6.07 Å². The molecule has 2 aromatic rings. The van der Waals surface area contributed by atoms with Gasteiger partial charge < -0.3 is 21.1 Å². The number of nitrogen functional groups attached to an aromatic ring is 1. The molecule has 0 aromatic heterocycles. The van der Waals surface area contributed by atoms with Gasteiger partial charge in [0.2, 0.25) is 0 Å². The van der Waals surface area contributed by atoms with Crippen LogP contribution in [0, 0.1) is 0 Å². The highest BCUT2D eigenvalue weighted by atomic mass is 16.4. The van der Waals surface area contributed by atoms with Crippen LogP contribution in [0.3, 0.4) is 0 Å². The highest BCUT2D eigenvalue weighted by Crippen LogP contribution is 2.25. The largest absolute Gasteiger partial charge is 0.478 e. The summed E-state index contributed by atoms with van der Waals surface area (Å²) in [6.45, 7) is 0. The van der Waals surface area contributed by atoms with Gasteiger partial charge in [0, 0.05) is 31.2 Å². The Morgan fingerprint density at radius 1 is 1.20 bits per heavy atom. The van der Waals surface area contributed by atoms with Crippen molar-refractivity contribution in [2.24, 2.45) is 0 Å². The van der Waals surface area contributed by atoms with E-state index in [-0.39, 0.29) is 5.56 Å². The molecule has 0 unspecified atom stereocenters. The fraction of sp³-hybridized carbons (Fsp3) is 0.133. The fourth-order valence-electron chi connectivity index (χ4n) is 1.87. The minimum Gasteiger partial charge on any atom is -0.478 e. The van der Waals surface area contributed by atoms with Gasteiger partial charge in [0.25, 0.3) is 0 Å². The molecule has 0 aliphatic heterocycles. The van der Waals surface area contributed by atoms with Crippen molar-refractivity contribution in [1.82, 2.24) is 0 Å². The second-order valence-corrected chi connectivity index (χ2v) is 4.68. The van der Waals surface area contributed by atoms with Crippen LogP contribution in [0.1, 0.15) is 10.4 Å². The van der Waals surface area contributed by atoms with Crippen LogP contribution in [0.25, 0.3) is 0 Å². The Kier molecular flexibility index (Phi) is 3.79. The maximum atomic E-state index is 11.2. The first kappa shape index (κ1) is 13.7. The maximum absolute atomic E-state index is 11.2. The second kappa shape index (κ2) is 5.52. The first-order chi connectivity index (χ1) is 9.47. The number of hydrogen-bond acceptors (Lipinski definition) is 4. The van der Waals surface area contributed by atoms with Crippen LogP contribution >= 0.6 is 0 Å². The first-order valence-electron chi connectivity index (χ1n) is 6.14. The molecule has 2 rings (SSSR count). The van der Waals surface area contributed by atoms with E-state index in [4.69, 9.17) is 5.73 Å². The molecule has 0 aliphatic carbocycles. The average Bonchev–Trinajstić information content (AvgIpc) is 2.41. The zero-order valence-electron chi connectivity index (χ0n) is 11.4. The predicted octanol–water partition coefficient (Wildman–Crippen LogP) is 2.78. The second-order valence-electron chi connectivity index (χ2n) is 4.68. The summed E-state index contributed by atoms with van der Waals surface area (Å²) in [7, 11) is 3.90. The third-order valence-electron chi connectivity index (χ3n) is 2.92. The molecule has 2 aromatic carbocycles. The van der Waals surface area contributed by atoms with Crippen molar-refractivity contribution >= 4 is 28.7 Å². The number of nitrogens with zero attached hydrogens (tertiary/aromatic N) is 1. The lowest BCUT2D eigenvalue weighted by Crippen LogP contribution is -2.09. The molecule has 0 heterocycles. The smallest absolute Gasteiger partial charge is 0.337 e. The fourth-order valence-corrected chi connectivity index (χ4v) is 1.87.